The molecule has 0 N–H and O–H groups in total. The molecule has 3 nitrogen and oxygen atoms in total. The van der Waals surface area contributed by atoms with Crippen LogP contribution in [0.3, 0.4) is 0 Å². The van der Waals surface area contributed by atoms with Gasteiger partial charge in [0, 0.05) is 0 Å². The Hall–Kier alpha value is -0.830. The van der Waals surface area contributed by atoms with E-state index in [1.54, 1.807) is 0 Å². The second-order valence-corrected chi connectivity index (χ2v) is 1.18. The number of carbonyl (C=O) groups excluding carboxylic acids is 1. The van der Waals surface area contributed by atoms with E-state index in [1.165, 1.54) is 0 Å². The molecule has 8 heavy (non-hydrogen) atoms. The van der Waals surface area contributed by atoms with E-state index in [0.29, 0.717) is 0 Å². The Labute approximate surface area is 47.6 Å². The molecule has 0 aliphatic carbocycles. The van der Waals surface area contributed by atoms with E-state index in [2.05, 4.69) is 11.3 Å². The maximum atomic E-state index is 10.2. The topological polar surface area (TPSA) is 46.2 Å². The first-order valence-corrected chi connectivity index (χ1v) is 2.08. The summed E-state index contributed by atoms with van der Waals surface area (Å²) in [6.45, 7) is 3.12. The summed E-state index contributed by atoms with van der Waals surface area (Å²) in [5, 5.41) is 10.2. The van der Waals surface area contributed by atoms with Gasteiger partial charge in [-0.15, -0.1) is 0 Å². The summed E-state index contributed by atoms with van der Waals surface area (Å²) >= 11 is 0. The van der Waals surface area contributed by atoms with Gasteiger partial charge in [0.25, 0.3) is 0 Å². The smallest absolute Gasteiger partial charge is 0.342 e. The molecular weight excluding hydrogens is 108 g/mol. The first-order chi connectivity index (χ1) is 3.72. The fourth-order valence-electron chi connectivity index (χ4n) is 0.212. The molecule has 0 heterocycles. The lowest BCUT2D eigenvalue weighted by Crippen LogP contribution is -2.16. The minimum absolute atomic E-state index is 0.792. The van der Waals surface area contributed by atoms with E-state index in [9.17, 15) is 9.90 Å². The second-order valence-electron chi connectivity index (χ2n) is 1.18. The highest BCUT2D eigenvalue weighted by atomic mass is 16.5. The number of ether oxygens (including phenoxy) is 1. The van der Waals surface area contributed by atoms with Crippen LogP contribution >= 0.6 is 0 Å². The van der Waals surface area contributed by atoms with Crippen molar-refractivity contribution in [3.05, 3.63) is 12.7 Å². The van der Waals surface area contributed by atoms with Gasteiger partial charge < -0.3 is 4.74 Å². The van der Waals surface area contributed by atoms with Gasteiger partial charge in [0.1, 0.15) is 0 Å². The summed E-state index contributed by atoms with van der Waals surface area (Å²) in [6, 6.07) is 0. The number of esters is 1. The first-order valence-electron chi connectivity index (χ1n) is 2.08. The lowest BCUT2D eigenvalue weighted by Gasteiger charge is -1.96. The zero-order valence-electron chi connectivity index (χ0n) is 4.59. The highest BCUT2D eigenvalue weighted by Gasteiger charge is 2.10. The zero-order chi connectivity index (χ0) is 6.57. The third-order valence-corrected chi connectivity index (χ3v) is 0.648. The van der Waals surface area contributed by atoms with Gasteiger partial charge in [-0.05, 0) is 6.08 Å². The maximum Gasteiger partial charge on any atom is 0.342 e. The van der Waals surface area contributed by atoms with Gasteiger partial charge in [0.2, 0.25) is 6.10 Å². The molecule has 0 aromatic heterocycles. The lowest BCUT2D eigenvalue weighted by atomic mass is 10.4. The van der Waals surface area contributed by atoms with Crippen LogP contribution in [-0.2, 0) is 14.6 Å². The van der Waals surface area contributed by atoms with Crippen LogP contribution < -0.4 is 0 Å². The molecule has 1 radical (unpaired) electrons. The average molecular weight is 115 g/mol. The summed E-state index contributed by atoms with van der Waals surface area (Å²) in [6.07, 6.45) is -0.439. The fraction of sp³-hybridized carbons (Fsp3) is 0.400. The third-order valence-electron chi connectivity index (χ3n) is 0.648. The molecule has 1 atom stereocenters. The van der Waals surface area contributed by atoms with Crippen LogP contribution in [-0.4, -0.2) is 19.2 Å². The van der Waals surface area contributed by atoms with Crippen LogP contribution in [0.1, 0.15) is 0 Å². The molecule has 0 bridgehead atoms. The SMILES string of the molecule is C=CC([O])C(=O)OC. The van der Waals surface area contributed by atoms with Gasteiger partial charge in [0.15, 0.2) is 0 Å². The lowest BCUT2D eigenvalue weighted by molar-refractivity contribution is -0.150. The van der Waals surface area contributed by atoms with Crippen LogP contribution in [0.5, 0.6) is 0 Å². The minimum Gasteiger partial charge on any atom is -0.467 e. The maximum absolute atomic E-state index is 10.2. The van der Waals surface area contributed by atoms with Crippen LogP contribution in [0.4, 0.5) is 0 Å². The Morgan fingerprint density at radius 2 is 2.38 bits per heavy atom. The number of hydrogen-bond acceptors (Lipinski definition) is 2. The normalized spacial score (nSPS) is 12.2. The Morgan fingerprint density at radius 1 is 1.88 bits per heavy atom. The number of carbonyl (C=O) groups is 1. The number of hydrogen-bond donors (Lipinski definition) is 0. The molecule has 0 aromatic carbocycles. The first kappa shape index (κ1) is 7.17. The molecule has 0 aromatic rings. The van der Waals surface area contributed by atoms with Crippen molar-refractivity contribution in [2.45, 2.75) is 6.10 Å². The van der Waals surface area contributed by atoms with Crippen molar-refractivity contribution in [2.75, 3.05) is 7.11 Å². The molecule has 3 heteroatoms. The second kappa shape index (κ2) is 3.21. The van der Waals surface area contributed by atoms with E-state index < -0.39 is 12.1 Å². The predicted molar refractivity (Wildman–Crippen MR) is 26.7 cm³/mol. The molecule has 0 fully saturated rings. The summed E-state index contributed by atoms with van der Waals surface area (Å²) in [7, 11) is 1.16. The molecule has 0 saturated carbocycles. The van der Waals surface area contributed by atoms with E-state index in [1.807, 2.05) is 0 Å². The van der Waals surface area contributed by atoms with Crippen LogP contribution in [0.15, 0.2) is 12.7 Å². The summed E-state index contributed by atoms with van der Waals surface area (Å²) < 4.78 is 4.08. The molecule has 1 unspecified atom stereocenters. The Bertz CT molecular complexity index is 97.8. The van der Waals surface area contributed by atoms with Gasteiger partial charge >= 0.3 is 5.97 Å². The van der Waals surface area contributed by atoms with Crippen LogP contribution in [0.2, 0.25) is 0 Å². The van der Waals surface area contributed by atoms with E-state index in [4.69, 9.17) is 0 Å². The quantitative estimate of drug-likeness (QED) is 0.379. The van der Waals surface area contributed by atoms with E-state index in [0.717, 1.165) is 13.2 Å². The summed E-state index contributed by atoms with van der Waals surface area (Å²) in [5.74, 6) is -0.792. The number of methoxy groups -OCH3 is 1. The van der Waals surface area contributed by atoms with E-state index >= 15 is 0 Å². The van der Waals surface area contributed by atoms with Gasteiger partial charge in [0.05, 0.1) is 7.11 Å². The van der Waals surface area contributed by atoms with Crippen molar-refractivity contribution in [1.82, 2.24) is 0 Å². The monoisotopic (exact) mass is 115 g/mol. The van der Waals surface area contributed by atoms with Crippen molar-refractivity contribution >= 4 is 5.97 Å². The molecule has 0 spiro atoms. The van der Waals surface area contributed by atoms with Crippen molar-refractivity contribution < 1.29 is 14.6 Å². The van der Waals surface area contributed by atoms with Gasteiger partial charge in [-0.25, -0.2) is 9.90 Å². The highest BCUT2D eigenvalue weighted by molar-refractivity contribution is 5.76. The van der Waals surface area contributed by atoms with Gasteiger partial charge in [-0.2, -0.15) is 0 Å². The fourth-order valence-corrected chi connectivity index (χ4v) is 0.212. The van der Waals surface area contributed by atoms with Crippen LogP contribution in [0, 0.1) is 0 Å². The Morgan fingerprint density at radius 3 is 2.50 bits per heavy atom. The minimum atomic E-state index is -1.43. The summed E-state index contributed by atoms with van der Waals surface area (Å²) in [5.41, 5.74) is 0. The number of rotatable bonds is 2. The zero-order valence-corrected chi connectivity index (χ0v) is 4.59. The molecule has 0 rings (SSSR count). The molecular formula is C5H7O3. The van der Waals surface area contributed by atoms with Crippen molar-refractivity contribution in [3.8, 4) is 0 Å². The Balaban J connectivity index is 3.62. The van der Waals surface area contributed by atoms with Gasteiger partial charge in [-0.1, -0.05) is 6.58 Å². The predicted octanol–water partition coefficient (Wildman–Crippen LogP) is 0.144. The van der Waals surface area contributed by atoms with Crippen molar-refractivity contribution in [1.29, 1.82) is 0 Å². The largest absolute Gasteiger partial charge is 0.467 e. The molecule has 45 valence electrons. The standard InChI is InChI=1S/C5H7O3/c1-3-4(6)5(7)8-2/h3-4H,1H2,2H3. The third kappa shape index (κ3) is 1.75. The Kier molecular flexibility index (Phi) is 2.88. The average Bonchev–Trinajstić information content (AvgIpc) is 1.84. The summed E-state index contributed by atoms with van der Waals surface area (Å²) in [4.78, 5) is 10.1. The van der Waals surface area contributed by atoms with Crippen LogP contribution in [0.25, 0.3) is 0 Å². The van der Waals surface area contributed by atoms with Crippen molar-refractivity contribution in [2.24, 2.45) is 0 Å². The van der Waals surface area contributed by atoms with E-state index in [-0.39, 0.29) is 0 Å². The molecule has 0 aliphatic heterocycles. The molecule has 0 saturated heterocycles. The highest BCUT2D eigenvalue weighted by Crippen LogP contribution is 1.86. The van der Waals surface area contributed by atoms with Gasteiger partial charge in [-0.3, -0.25) is 0 Å². The van der Waals surface area contributed by atoms with Crippen molar-refractivity contribution in [3.63, 3.8) is 0 Å². The molecule has 0 amide bonds. The molecule has 0 aliphatic rings.